The highest BCUT2D eigenvalue weighted by molar-refractivity contribution is 5.97. The number of ether oxygens (including phenoxy) is 1. The number of hydrogen-bond donors (Lipinski definition) is 3. The van der Waals surface area contributed by atoms with Gasteiger partial charge in [0.05, 0.1) is 5.56 Å². The first kappa shape index (κ1) is 13.5. The number of rotatable bonds is 3. The van der Waals surface area contributed by atoms with E-state index in [9.17, 15) is 9.18 Å². The minimum absolute atomic E-state index is 0.00959. The Balaban J connectivity index is 2.17. The summed E-state index contributed by atoms with van der Waals surface area (Å²) in [5.41, 5.74) is 11.5. The largest absolute Gasteiger partial charge is 0.423 e. The molecule has 0 saturated carbocycles. The SMILES string of the molecule is N=C(N)c1ccc(OC(=O)c2ccc(F)cc2N)cc1. The van der Waals surface area contributed by atoms with Gasteiger partial charge in [0.1, 0.15) is 17.4 Å². The van der Waals surface area contributed by atoms with Crippen LogP contribution >= 0.6 is 0 Å². The van der Waals surface area contributed by atoms with Crippen LogP contribution in [0.2, 0.25) is 0 Å². The second-order valence-corrected chi connectivity index (χ2v) is 4.06. The first-order valence-electron chi connectivity index (χ1n) is 5.69. The lowest BCUT2D eigenvalue weighted by Crippen LogP contribution is -2.12. The van der Waals surface area contributed by atoms with E-state index in [1.165, 1.54) is 18.2 Å². The number of anilines is 1. The summed E-state index contributed by atoms with van der Waals surface area (Å²) in [6.07, 6.45) is 0. The van der Waals surface area contributed by atoms with Gasteiger partial charge in [-0.3, -0.25) is 5.41 Å². The fraction of sp³-hybridized carbons (Fsp3) is 0. The molecule has 0 radical (unpaired) electrons. The first-order valence-corrected chi connectivity index (χ1v) is 5.69. The van der Waals surface area contributed by atoms with Crippen molar-refractivity contribution in [2.24, 2.45) is 5.73 Å². The molecule has 0 amide bonds. The molecular formula is C14H12FN3O2. The normalized spacial score (nSPS) is 10.1. The Bertz CT molecular complexity index is 669. The molecule has 0 aromatic heterocycles. The molecule has 0 fully saturated rings. The number of esters is 1. The van der Waals surface area contributed by atoms with Gasteiger partial charge in [-0.25, -0.2) is 9.18 Å². The molecule has 0 atom stereocenters. The molecule has 0 aliphatic rings. The predicted molar refractivity (Wildman–Crippen MR) is 73.2 cm³/mol. The van der Waals surface area contributed by atoms with Crippen LogP contribution in [0, 0.1) is 11.2 Å². The number of carbonyl (C=O) groups excluding carboxylic acids is 1. The Morgan fingerprint density at radius 1 is 1.15 bits per heavy atom. The van der Waals surface area contributed by atoms with E-state index in [1.54, 1.807) is 12.1 Å². The van der Waals surface area contributed by atoms with Crippen LogP contribution in [0.3, 0.4) is 0 Å². The monoisotopic (exact) mass is 273 g/mol. The number of nitrogens with one attached hydrogen (secondary N) is 1. The van der Waals surface area contributed by atoms with Crippen LogP contribution < -0.4 is 16.2 Å². The maximum Gasteiger partial charge on any atom is 0.345 e. The summed E-state index contributed by atoms with van der Waals surface area (Å²) in [5, 5.41) is 7.25. The first-order chi connectivity index (χ1) is 9.47. The molecule has 0 bridgehead atoms. The number of carbonyl (C=O) groups is 1. The van der Waals surface area contributed by atoms with Crippen molar-refractivity contribution in [3.8, 4) is 5.75 Å². The van der Waals surface area contributed by atoms with Crippen molar-refractivity contribution in [3.05, 3.63) is 59.4 Å². The summed E-state index contributed by atoms with van der Waals surface area (Å²) >= 11 is 0. The fourth-order valence-electron chi connectivity index (χ4n) is 1.58. The summed E-state index contributed by atoms with van der Waals surface area (Å²) in [7, 11) is 0. The number of hydrogen-bond acceptors (Lipinski definition) is 4. The molecule has 0 spiro atoms. The zero-order valence-electron chi connectivity index (χ0n) is 10.4. The van der Waals surface area contributed by atoms with E-state index in [0.29, 0.717) is 5.56 Å². The number of amidine groups is 1. The van der Waals surface area contributed by atoms with Crippen molar-refractivity contribution in [1.29, 1.82) is 5.41 Å². The van der Waals surface area contributed by atoms with E-state index in [2.05, 4.69) is 0 Å². The molecule has 102 valence electrons. The van der Waals surface area contributed by atoms with E-state index in [0.717, 1.165) is 12.1 Å². The van der Waals surface area contributed by atoms with E-state index >= 15 is 0 Å². The zero-order valence-corrected chi connectivity index (χ0v) is 10.4. The van der Waals surface area contributed by atoms with Crippen LogP contribution in [0.5, 0.6) is 5.75 Å². The lowest BCUT2D eigenvalue weighted by molar-refractivity contribution is 0.0736. The molecule has 2 aromatic rings. The zero-order chi connectivity index (χ0) is 14.7. The van der Waals surface area contributed by atoms with Crippen LogP contribution in [0.4, 0.5) is 10.1 Å². The molecule has 2 aromatic carbocycles. The summed E-state index contributed by atoms with van der Waals surface area (Å²) in [6, 6.07) is 9.57. The van der Waals surface area contributed by atoms with E-state index in [4.69, 9.17) is 21.6 Å². The third kappa shape index (κ3) is 2.92. The van der Waals surface area contributed by atoms with Crippen molar-refractivity contribution in [2.45, 2.75) is 0 Å². The van der Waals surface area contributed by atoms with Gasteiger partial charge in [-0.05, 0) is 42.5 Å². The van der Waals surface area contributed by atoms with E-state index < -0.39 is 11.8 Å². The Hall–Kier alpha value is -2.89. The average Bonchev–Trinajstić information content (AvgIpc) is 2.39. The second kappa shape index (κ2) is 5.40. The highest BCUT2D eigenvalue weighted by Gasteiger charge is 2.13. The lowest BCUT2D eigenvalue weighted by atomic mass is 10.2. The number of nitrogen functional groups attached to an aromatic ring is 2. The van der Waals surface area contributed by atoms with Crippen molar-refractivity contribution >= 4 is 17.5 Å². The number of halogens is 1. The molecule has 0 aliphatic carbocycles. The Labute approximate surface area is 114 Å². The molecule has 20 heavy (non-hydrogen) atoms. The third-order valence-electron chi connectivity index (χ3n) is 2.61. The van der Waals surface area contributed by atoms with Crippen LogP contribution in [0.1, 0.15) is 15.9 Å². The van der Waals surface area contributed by atoms with Gasteiger partial charge in [-0.1, -0.05) is 0 Å². The summed E-state index contributed by atoms with van der Waals surface area (Å²) in [5.74, 6) is -1.00. The Morgan fingerprint density at radius 2 is 1.80 bits per heavy atom. The van der Waals surface area contributed by atoms with Gasteiger partial charge in [0.15, 0.2) is 0 Å². The standard InChI is InChI=1S/C14H12FN3O2/c15-9-3-6-11(12(16)7-9)14(19)20-10-4-1-8(2-5-10)13(17)18/h1-7H,16H2,(H3,17,18). The highest BCUT2D eigenvalue weighted by atomic mass is 19.1. The predicted octanol–water partition coefficient (Wildman–Crippen LogP) is 1.91. The lowest BCUT2D eigenvalue weighted by Gasteiger charge is -2.07. The van der Waals surface area contributed by atoms with E-state index in [-0.39, 0.29) is 22.8 Å². The number of benzene rings is 2. The molecular weight excluding hydrogens is 261 g/mol. The van der Waals surface area contributed by atoms with E-state index in [1.807, 2.05) is 0 Å². The smallest absolute Gasteiger partial charge is 0.345 e. The van der Waals surface area contributed by atoms with Gasteiger partial charge >= 0.3 is 5.97 Å². The minimum atomic E-state index is -0.682. The quantitative estimate of drug-likeness (QED) is 0.261. The van der Waals surface area contributed by atoms with Gasteiger partial charge in [0.2, 0.25) is 0 Å². The molecule has 5 N–H and O–H groups in total. The summed E-state index contributed by atoms with van der Waals surface area (Å²) in [4.78, 5) is 11.9. The highest BCUT2D eigenvalue weighted by Crippen LogP contribution is 2.18. The Kier molecular flexibility index (Phi) is 3.65. The molecule has 5 nitrogen and oxygen atoms in total. The van der Waals surface area contributed by atoms with Crippen LogP contribution in [-0.4, -0.2) is 11.8 Å². The van der Waals surface area contributed by atoms with Gasteiger partial charge in [-0.2, -0.15) is 0 Å². The molecule has 0 aliphatic heterocycles. The van der Waals surface area contributed by atoms with Gasteiger partial charge < -0.3 is 16.2 Å². The maximum atomic E-state index is 12.9. The summed E-state index contributed by atoms with van der Waals surface area (Å²) < 4.78 is 18.0. The van der Waals surface area contributed by atoms with Crippen LogP contribution in [0.25, 0.3) is 0 Å². The molecule has 0 unspecified atom stereocenters. The van der Waals surface area contributed by atoms with Crippen LogP contribution in [0.15, 0.2) is 42.5 Å². The van der Waals surface area contributed by atoms with Crippen molar-refractivity contribution in [3.63, 3.8) is 0 Å². The van der Waals surface area contributed by atoms with Crippen molar-refractivity contribution in [2.75, 3.05) is 5.73 Å². The average molecular weight is 273 g/mol. The van der Waals surface area contributed by atoms with Gasteiger partial charge in [0.25, 0.3) is 0 Å². The maximum absolute atomic E-state index is 12.9. The van der Waals surface area contributed by atoms with Gasteiger partial charge in [-0.15, -0.1) is 0 Å². The second-order valence-electron chi connectivity index (χ2n) is 4.06. The van der Waals surface area contributed by atoms with Crippen molar-refractivity contribution in [1.82, 2.24) is 0 Å². The topological polar surface area (TPSA) is 102 Å². The molecule has 6 heteroatoms. The van der Waals surface area contributed by atoms with Gasteiger partial charge in [0, 0.05) is 11.3 Å². The molecule has 0 saturated heterocycles. The minimum Gasteiger partial charge on any atom is -0.423 e. The molecule has 2 rings (SSSR count). The number of nitrogens with two attached hydrogens (primary N) is 2. The fourth-order valence-corrected chi connectivity index (χ4v) is 1.58. The summed E-state index contributed by atoms with van der Waals surface area (Å²) in [6.45, 7) is 0. The third-order valence-corrected chi connectivity index (χ3v) is 2.61. The molecule has 0 heterocycles. The van der Waals surface area contributed by atoms with Crippen LogP contribution in [-0.2, 0) is 0 Å². The Morgan fingerprint density at radius 3 is 2.35 bits per heavy atom. The van der Waals surface area contributed by atoms with Crippen molar-refractivity contribution < 1.29 is 13.9 Å².